The molecule has 0 fully saturated rings. The van der Waals surface area contributed by atoms with Gasteiger partial charge in [0.1, 0.15) is 23.9 Å². The largest absolute Gasteiger partial charge is 0.489 e. The van der Waals surface area contributed by atoms with Crippen LogP contribution in [0.2, 0.25) is 5.02 Å². The molecule has 1 aliphatic heterocycles. The molecule has 3 nitrogen and oxygen atoms in total. The summed E-state index contributed by atoms with van der Waals surface area (Å²) in [5.41, 5.74) is 3.15. The fourth-order valence-corrected chi connectivity index (χ4v) is 3.17. The minimum Gasteiger partial charge on any atom is -0.489 e. The molecule has 1 aliphatic rings. The Morgan fingerprint density at radius 3 is 2.71 bits per heavy atom. The second-order valence-corrected chi connectivity index (χ2v) is 6.89. The molecule has 3 aromatic rings. The van der Waals surface area contributed by atoms with Crippen molar-refractivity contribution < 1.29 is 18.7 Å². The summed E-state index contributed by atoms with van der Waals surface area (Å²) in [4.78, 5) is 12.6. The molecule has 4 rings (SSSR count). The summed E-state index contributed by atoms with van der Waals surface area (Å²) in [5.74, 6) is 0.706. The monoisotopic (exact) mass is 394 g/mol. The number of ketones is 1. The number of rotatable bonds is 4. The molecule has 0 bridgehead atoms. The van der Waals surface area contributed by atoms with Crippen LogP contribution < -0.4 is 9.47 Å². The van der Waals surface area contributed by atoms with Crippen molar-refractivity contribution >= 4 is 23.5 Å². The van der Waals surface area contributed by atoms with Crippen LogP contribution in [0.5, 0.6) is 11.5 Å². The van der Waals surface area contributed by atoms with Gasteiger partial charge in [0.15, 0.2) is 5.76 Å². The SMILES string of the molecule is Cc1ccccc1C=C1Oc2cc(OCc3ccc(F)cc3Cl)ccc2C1=O. The molecule has 0 saturated carbocycles. The van der Waals surface area contributed by atoms with E-state index in [0.29, 0.717) is 27.6 Å². The van der Waals surface area contributed by atoms with Gasteiger partial charge in [-0.15, -0.1) is 0 Å². The van der Waals surface area contributed by atoms with E-state index in [2.05, 4.69) is 0 Å². The first-order valence-electron chi connectivity index (χ1n) is 8.72. The maximum atomic E-state index is 13.1. The third-order valence-corrected chi connectivity index (χ3v) is 4.88. The number of hydrogen-bond acceptors (Lipinski definition) is 3. The number of carbonyl (C=O) groups is 1. The number of carbonyl (C=O) groups excluding carboxylic acids is 1. The van der Waals surface area contributed by atoms with Gasteiger partial charge in [-0.25, -0.2) is 4.39 Å². The smallest absolute Gasteiger partial charge is 0.231 e. The highest BCUT2D eigenvalue weighted by Crippen LogP contribution is 2.35. The Morgan fingerprint density at radius 1 is 1.11 bits per heavy atom. The number of halogens is 2. The Labute approximate surface area is 167 Å². The lowest BCUT2D eigenvalue weighted by Crippen LogP contribution is -1.98. The molecule has 5 heteroatoms. The van der Waals surface area contributed by atoms with Crippen LogP contribution in [0.15, 0.2) is 66.4 Å². The van der Waals surface area contributed by atoms with E-state index in [9.17, 15) is 9.18 Å². The summed E-state index contributed by atoms with van der Waals surface area (Å²) in [5, 5.41) is 0.302. The molecule has 140 valence electrons. The van der Waals surface area contributed by atoms with E-state index >= 15 is 0 Å². The average molecular weight is 395 g/mol. The van der Waals surface area contributed by atoms with Crippen LogP contribution in [0.1, 0.15) is 27.0 Å². The highest BCUT2D eigenvalue weighted by atomic mass is 35.5. The van der Waals surface area contributed by atoms with E-state index in [4.69, 9.17) is 21.1 Å². The molecule has 0 unspecified atom stereocenters. The predicted molar refractivity (Wildman–Crippen MR) is 106 cm³/mol. The highest BCUT2D eigenvalue weighted by Gasteiger charge is 2.27. The number of ether oxygens (including phenoxy) is 2. The molecule has 3 aromatic carbocycles. The second kappa shape index (κ2) is 7.49. The third-order valence-electron chi connectivity index (χ3n) is 4.53. The second-order valence-electron chi connectivity index (χ2n) is 6.48. The number of aryl methyl sites for hydroxylation is 1. The maximum Gasteiger partial charge on any atom is 0.231 e. The third kappa shape index (κ3) is 3.64. The van der Waals surface area contributed by atoms with Crippen molar-refractivity contribution in [2.24, 2.45) is 0 Å². The number of benzene rings is 3. The van der Waals surface area contributed by atoms with Crippen molar-refractivity contribution in [2.45, 2.75) is 13.5 Å². The molecular formula is C23H16ClFO3. The molecule has 0 N–H and O–H groups in total. The Bertz CT molecular complexity index is 1100. The topological polar surface area (TPSA) is 35.5 Å². The minimum absolute atomic E-state index is 0.161. The normalized spacial score (nSPS) is 14.1. The van der Waals surface area contributed by atoms with E-state index in [1.165, 1.54) is 12.1 Å². The van der Waals surface area contributed by atoms with Crippen molar-refractivity contribution in [1.82, 2.24) is 0 Å². The fraction of sp³-hybridized carbons (Fsp3) is 0.0870. The minimum atomic E-state index is -0.397. The molecule has 0 aromatic heterocycles. The molecule has 0 aliphatic carbocycles. The Hall–Kier alpha value is -3.11. The van der Waals surface area contributed by atoms with Gasteiger partial charge in [0.2, 0.25) is 5.78 Å². The standard InChI is InChI=1S/C23H16ClFO3/c1-14-4-2-3-5-15(14)10-22-23(26)19-9-8-18(12-21(19)28-22)27-13-16-6-7-17(25)11-20(16)24/h2-12H,13H2,1H3. The van der Waals surface area contributed by atoms with E-state index in [1.54, 1.807) is 30.3 Å². The fourth-order valence-electron chi connectivity index (χ4n) is 2.95. The summed E-state index contributed by atoms with van der Waals surface area (Å²) >= 11 is 6.02. The van der Waals surface area contributed by atoms with Gasteiger partial charge < -0.3 is 9.47 Å². The zero-order valence-electron chi connectivity index (χ0n) is 15.0. The van der Waals surface area contributed by atoms with Crippen LogP contribution in [-0.4, -0.2) is 5.78 Å². The van der Waals surface area contributed by atoms with Crippen molar-refractivity contribution in [3.05, 3.63) is 99.5 Å². The van der Waals surface area contributed by atoms with Crippen LogP contribution in [0.25, 0.3) is 6.08 Å². The van der Waals surface area contributed by atoms with E-state index in [-0.39, 0.29) is 18.1 Å². The van der Waals surface area contributed by atoms with Crippen LogP contribution in [0, 0.1) is 12.7 Å². The summed E-state index contributed by atoms with van der Waals surface area (Å²) in [6.07, 6.45) is 1.75. The van der Waals surface area contributed by atoms with E-state index in [0.717, 1.165) is 11.1 Å². The van der Waals surface area contributed by atoms with Gasteiger partial charge in [-0.1, -0.05) is 41.9 Å². The van der Waals surface area contributed by atoms with Crippen molar-refractivity contribution in [2.75, 3.05) is 0 Å². The molecule has 0 saturated heterocycles. The summed E-state index contributed by atoms with van der Waals surface area (Å²) in [6, 6.07) is 17.0. The summed E-state index contributed by atoms with van der Waals surface area (Å²) in [7, 11) is 0. The van der Waals surface area contributed by atoms with Gasteiger partial charge in [-0.05, 0) is 48.4 Å². The van der Waals surface area contributed by atoms with Gasteiger partial charge in [0.05, 0.1) is 10.6 Å². The van der Waals surface area contributed by atoms with Crippen LogP contribution in [0.3, 0.4) is 0 Å². The number of Topliss-reactive ketones (excluding diaryl/α,β-unsaturated/α-hetero) is 1. The first-order chi connectivity index (χ1) is 13.5. The van der Waals surface area contributed by atoms with E-state index in [1.807, 2.05) is 31.2 Å². The van der Waals surface area contributed by atoms with Gasteiger partial charge in [-0.3, -0.25) is 4.79 Å². The maximum absolute atomic E-state index is 13.1. The quantitative estimate of drug-likeness (QED) is 0.510. The number of allylic oxidation sites excluding steroid dienone is 1. The van der Waals surface area contributed by atoms with Crippen molar-refractivity contribution in [3.63, 3.8) is 0 Å². The Morgan fingerprint density at radius 2 is 1.93 bits per heavy atom. The van der Waals surface area contributed by atoms with Gasteiger partial charge in [-0.2, -0.15) is 0 Å². The molecule has 0 spiro atoms. The van der Waals surface area contributed by atoms with Crippen LogP contribution >= 0.6 is 11.6 Å². The number of fused-ring (bicyclic) bond motifs is 1. The van der Waals surface area contributed by atoms with Crippen LogP contribution in [-0.2, 0) is 6.61 Å². The van der Waals surface area contributed by atoms with Gasteiger partial charge in [0, 0.05) is 11.6 Å². The highest BCUT2D eigenvalue weighted by molar-refractivity contribution is 6.31. The molecule has 1 heterocycles. The zero-order valence-corrected chi connectivity index (χ0v) is 15.8. The number of hydrogen-bond donors (Lipinski definition) is 0. The van der Waals surface area contributed by atoms with E-state index < -0.39 is 5.82 Å². The average Bonchev–Trinajstić information content (AvgIpc) is 2.98. The van der Waals surface area contributed by atoms with Crippen LogP contribution in [0.4, 0.5) is 4.39 Å². The first kappa shape index (κ1) is 18.3. The first-order valence-corrected chi connectivity index (χ1v) is 9.10. The summed E-state index contributed by atoms with van der Waals surface area (Å²) < 4.78 is 24.6. The molecule has 28 heavy (non-hydrogen) atoms. The van der Waals surface area contributed by atoms with Crippen molar-refractivity contribution in [3.8, 4) is 11.5 Å². The van der Waals surface area contributed by atoms with Gasteiger partial charge >= 0.3 is 0 Å². The lowest BCUT2D eigenvalue weighted by Gasteiger charge is -2.08. The predicted octanol–water partition coefficient (Wildman–Crippen LogP) is 5.98. The lowest BCUT2D eigenvalue weighted by atomic mass is 10.1. The van der Waals surface area contributed by atoms with Crippen molar-refractivity contribution in [1.29, 1.82) is 0 Å². The Balaban J connectivity index is 1.53. The summed E-state index contributed by atoms with van der Waals surface area (Å²) in [6.45, 7) is 2.16. The lowest BCUT2D eigenvalue weighted by molar-refractivity contribution is 0.101. The molecular weight excluding hydrogens is 379 g/mol. The molecule has 0 amide bonds. The molecule has 0 atom stereocenters. The zero-order chi connectivity index (χ0) is 19.7. The molecule has 0 radical (unpaired) electrons. The Kier molecular flexibility index (Phi) is 4.88. The van der Waals surface area contributed by atoms with Gasteiger partial charge in [0.25, 0.3) is 0 Å².